The van der Waals surface area contributed by atoms with Crippen LogP contribution in [0.1, 0.15) is 12.8 Å². The molecule has 0 spiro atoms. The number of aliphatic hydroxyl groups is 1. The molecule has 2 atom stereocenters. The van der Waals surface area contributed by atoms with Gasteiger partial charge in [0.05, 0.1) is 0 Å². The van der Waals surface area contributed by atoms with E-state index in [0.29, 0.717) is 0 Å². The van der Waals surface area contributed by atoms with E-state index in [2.05, 4.69) is 9.71 Å². The zero-order valence-corrected chi connectivity index (χ0v) is 9.05. The van der Waals surface area contributed by atoms with Crippen LogP contribution in [0.25, 0.3) is 0 Å². The average Bonchev–Trinajstić information content (AvgIpc) is 2.09. The van der Waals surface area contributed by atoms with E-state index in [0.717, 1.165) is 0 Å². The van der Waals surface area contributed by atoms with Gasteiger partial charge >= 0.3 is 7.60 Å². The van der Waals surface area contributed by atoms with Crippen molar-refractivity contribution < 1.29 is 34.4 Å². The minimum atomic E-state index is -4.75. The lowest BCUT2D eigenvalue weighted by atomic mass is 10.3. The summed E-state index contributed by atoms with van der Waals surface area (Å²) in [6.45, 7) is 0.173. The van der Waals surface area contributed by atoms with Gasteiger partial charge in [0.2, 0.25) is 5.08 Å². The second-order valence-corrected chi connectivity index (χ2v) is 5.96. The van der Waals surface area contributed by atoms with Crippen molar-refractivity contribution in [2.75, 3.05) is 6.54 Å². The van der Waals surface area contributed by atoms with Crippen molar-refractivity contribution in [1.29, 1.82) is 0 Å². The molecule has 0 aliphatic rings. The normalized spacial score (nSPS) is 17.5. The summed E-state index contributed by atoms with van der Waals surface area (Å²) in [7, 11) is -5.85. The first kappa shape index (κ1) is 14.4. The van der Waals surface area contributed by atoms with E-state index in [9.17, 15) is 9.67 Å². The zero-order chi connectivity index (χ0) is 11.2. The summed E-state index contributed by atoms with van der Waals surface area (Å²) in [6.07, 6.45) is -0.0288. The van der Waals surface area contributed by atoms with Crippen molar-refractivity contribution in [2.45, 2.75) is 17.9 Å². The Morgan fingerprint density at radius 3 is 2.43 bits per heavy atom. The third kappa shape index (κ3) is 4.27. The van der Waals surface area contributed by atoms with Crippen molar-refractivity contribution in [3.05, 3.63) is 0 Å². The van der Waals surface area contributed by atoms with E-state index in [4.69, 9.17) is 20.8 Å². The number of rotatable bonds is 7. The van der Waals surface area contributed by atoms with Crippen LogP contribution in [0.3, 0.4) is 0 Å². The number of hydrogen-bond acceptors (Lipinski definition) is 6. The Morgan fingerprint density at radius 2 is 2.07 bits per heavy atom. The van der Waals surface area contributed by atoms with Crippen molar-refractivity contribution >= 4 is 16.4 Å². The maximum atomic E-state index is 10.9. The molecule has 0 radical (unpaired) electrons. The molecule has 0 aromatic carbocycles. The summed E-state index contributed by atoms with van der Waals surface area (Å²) in [4.78, 5) is 17.6. The Morgan fingerprint density at radius 1 is 1.50 bits per heavy atom. The van der Waals surface area contributed by atoms with E-state index in [1.807, 2.05) is 0 Å². The molecule has 0 aliphatic carbocycles. The molecule has 6 N–H and O–H groups in total. The third-order valence-corrected chi connectivity index (χ3v) is 4.52. The van der Waals surface area contributed by atoms with E-state index in [1.165, 1.54) is 0 Å². The van der Waals surface area contributed by atoms with Crippen LogP contribution in [0.5, 0.6) is 0 Å². The first-order valence-corrected chi connectivity index (χ1v) is 6.12. The average molecular weight is 249 g/mol. The van der Waals surface area contributed by atoms with Gasteiger partial charge in [-0.1, -0.05) is 5.04 Å². The number of hydrogen-bond donors (Lipinski definition) is 5. The fourth-order valence-electron chi connectivity index (χ4n) is 0.690. The maximum absolute atomic E-state index is 10.9. The topological polar surface area (TPSA) is 142 Å². The molecule has 0 heterocycles. The molecule has 0 saturated heterocycles. The van der Waals surface area contributed by atoms with Crippen molar-refractivity contribution in [3.63, 3.8) is 0 Å². The van der Waals surface area contributed by atoms with Crippen LogP contribution in [-0.4, -0.2) is 31.8 Å². The van der Waals surface area contributed by atoms with Gasteiger partial charge < -0.3 is 20.6 Å². The number of nitrogens with two attached hydrogens (primary N) is 1. The molecule has 2 unspecified atom stereocenters. The van der Waals surface area contributed by atoms with E-state index in [-0.39, 0.29) is 19.4 Å². The molecular formula is C4H13NO7P2. The van der Waals surface area contributed by atoms with Crippen molar-refractivity contribution in [1.82, 2.24) is 0 Å². The lowest BCUT2D eigenvalue weighted by molar-refractivity contribution is -0.436. The van der Waals surface area contributed by atoms with Crippen LogP contribution >= 0.6 is 16.4 Å². The van der Waals surface area contributed by atoms with Gasteiger partial charge in [0.25, 0.3) is 0 Å². The summed E-state index contributed by atoms with van der Waals surface area (Å²) >= 11 is 0. The molecule has 0 saturated carbocycles. The van der Waals surface area contributed by atoms with E-state index in [1.54, 1.807) is 0 Å². The lowest BCUT2D eigenvalue weighted by Crippen LogP contribution is -2.24. The van der Waals surface area contributed by atoms with Crippen LogP contribution in [0.4, 0.5) is 0 Å². The summed E-state index contributed by atoms with van der Waals surface area (Å²) in [5.74, 6) is 0. The predicted octanol–water partition coefficient (Wildman–Crippen LogP) is -0.436. The lowest BCUT2D eigenvalue weighted by Gasteiger charge is -2.26. The highest BCUT2D eigenvalue weighted by Crippen LogP contribution is 2.60. The Kier molecular flexibility index (Phi) is 6.24. The molecule has 14 heavy (non-hydrogen) atoms. The van der Waals surface area contributed by atoms with E-state index < -0.39 is 21.5 Å². The Hall–Kier alpha value is 0.380. The minimum absolute atomic E-state index is 0.173. The standard InChI is InChI=1S/C4H13NO7P2/c5-3-1-2-4(6,13-12-11-7)14(8,9)10/h6-7,13H,1-3,5H2,(H2,8,9,10). The fourth-order valence-corrected chi connectivity index (χ4v) is 2.18. The molecule has 0 fully saturated rings. The molecule has 0 bridgehead atoms. The second kappa shape index (κ2) is 6.07. The third-order valence-electron chi connectivity index (χ3n) is 1.45. The molecule has 8 nitrogen and oxygen atoms in total. The summed E-state index contributed by atoms with van der Waals surface area (Å²) in [5, 5.41) is 18.1. The predicted molar refractivity (Wildman–Crippen MR) is 48.4 cm³/mol. The molecule has 0 aromatic rings. The van der Waals surface area contributed by atoms with Gasteiger partial charge in [0.15, 0.2) is 0 Å². The van der Waals surface area contributed by atoms with Gasteiger partial charge in [-0.3, -0.25) is 4.57 Å². The van der Waals surface area contributed by atoms with Gasteiger partial charge in [-0.2, -0.15) is 4.67 Å². The van der Waals surface area contributed by atoms with Crippen LogP contribution in [0.15, 0.2) is 0 Å². The molecule has 0 aromatic heterocycles. The molecule has 10 heteroatoms. The van der Waals surface area contributed by atoms with Crippen molar-refractivity contribution in [2.24, 2.45) is 5.73 Å². The van der Waals surface area contributed by atoms with Crippen LogP contribution in [0, 0.1) is 0 Å². The summed E-state index contributed by atoms with van der Waals surface area (Å²) < 4.78 is 14.8. The summed E-state index contributed by atoms with van der Waals surface area (Å²) in [5.41, 5.74) is 5.13. The minimum Gasteiger partial charge on any atom is -0.372 e. The molecule has 86 valence electrons. The van der Waals surface area contributed by atoms with Gasteiger partial charge in [-0.05, 0) is 19.4 Å². The van der Waals surface area contributed by atoms with Crippen molar-refractivity contribution in [3.8, 4) is 0 Å². The van der Waals surface area contributed by atoms with Crippen LogP contribution < -0.4 is 5.73 Å². The highest BCUT2D eigenvalue weighted by atomic mass is 31.2. The fraction of sp³-hybridized carbons (Fsp3) is 1.00. The van der Waals surface area contributed by atoms with Gasteiger partial charge in [-0.25, -0.2) is 5.26 Å². The van der Waals surface area contributed by atoms with Gasteiger partial charge in [0.1, 0.15) is 8.81 Å². The highest BCUT2D eigenvalue weighted by Gasteiger charge is 2.46. The highest BCUT2D eigenvalue weighted by molar-refractivity contribution is 7.64. The molecule has 0 amide bonds. The Bertz CT molecular complexity index is 198. The SMILES string of the molecule is NCCCC(O)(POOO)P(=O)(O)O. The van der Waals surface area contributed by atoms with Crippen LogP contribution in [-0.2, 0) is 14.3 Å². The van der Waals surface area contributed by atoms with Crippen LogP contribution in [0.2, 0.25) is 0 Å². The first-order valence-electron chi connectivity index (χ1n) is 3.59. The molecular weight excluding hydrogens is 236 g/mol. The quantitative estimate of drug-likeness (QED) is 0.232. The Balaban J connectivity index is 4.42. The second-order valence-electron chi connectivity index (χ2n) is 2.51. The summed E-state index contributed by atoms with van der Waals surface area (Å²) in [6, 6.07) is 0. The zero-order valence-electron chi connectivity index (χ0n) is 7.16. The van der Waals surface area contributed by atoms with Gasteiger partial charge in [-0.15, -0.1) is 0 Å². The van der Waals surface area contributed by atoms with Gasteiger partial charge in [0, 0.05) is 0 Å². The van der Waals surface area contributed by atoms with E-state index >= 15 is 0 Å². The Labute approximate surface area is 81.9 Å². The first-order chi connectivity index (χ1) is 6.37. The monoisotopic (exact) mass is 249 g/mol. The maximum Gasteiger partial charge on any atom is 0.363 e. The molecule has 0 rings (SSSR count). The largest absolute Gasteiger partial charge is 0.372 e. The smallest absolute Gasteiger partial charge is 0.363 e. The molecule has 0 aliphatic heterocycles.